The smallest absolute Gasteiger partial charge is 0.317 e. The van der Waals surface area contributed by atoms with Crippen molar-refractivity contribution in [3.05, 3.63) is 58.6 Å². The molecule has 7 heteroatoms. The highest BCUT2D eigenvalue weighted by Gasteiger charge is 2.10. The number of fused-ring (bicyclic) bond motifs is 1. The molecule has 0 bridgehead atoms. The zero-order valence-corrected chi connectivity index (χ0v) is 15.3. The number of urea groups is 1. The number of likely N-dealkylation sites (N-methyl/N-ethyl adjacent to an activating group) is 1. The van der Waals surface area contributed by atoms with Gasteiger partial charge in [0.25, 0.3) is 0 Å². The molecule has 2 aromatic carbocycles. The number of rotatable bonds is 6. The zero-order valence-electron chi connectivity index (χ0n) is 13.7. The van der Waals surface area contributed by atoms with Gasteiger partial charge in [-0.2, -0.15) is 0 Å². The molecule has 0 spiro atoms. The first-order chi connectivity index (χ1) is 12.1. The normalized spacial score (nSPS) is 10.6. The molecule has 0 aliphatic carbocycles. The quantitative estimate of drug-likeness (QED) is 0.703. The van der Waals surface area contributed by atoms with Gasteiger partial charge in [0.1, 0.15) is 17.4 Å². The number of benzene rings is 2. The summed E-state index contributed by atoms with van der Waals surface area (Å²) in [5, 5.41) is 4.43. The molecule has 0 aliphatic rings. The number of carbonyl (C=O) groups excluding carboxylic acids is 1. The van der Waals surface area contributed by atoms with Crippen molar-refractivity contribution in [1.29, 1.82) is 0 Å². The van der Waals surface area contributed by atoms with Crippen molar-refractivity contribution >= 4 is 39.2 Å². The van der Waals surface area contributed by atoms with Gasteiger partial charge in [-0.15, -0.1) is 11.3 Å². The molecule has 3 rings (SSSR count). The molecule has 1 aromatic heterocycles. The van der Waals surface area contributed by atoms with Crippen molar-refractivity contribution in [3.63, 3.8) is 0 Å². The van der Waals surface area contributed by atoms with Crippen molar-refractivity contribution in [2.45, 2.75) is 6.54 Å². The minimum Gasteiger partial charge on any atom is -0.492 e. The highest BCUT2D eigenvalue weighted by Crippen LogP contribution is 2.21. The van der Waals surface area contributed by atoms with Gasteiger partial charge in [-0.1, -0.05) is 23.7 Å². The second-order valence-electron chi connectivity index (χ2n) is 5.46. The third-order valence-electron chi connectivity index (χ3n) is 3.58. The maximum absolute atomic E-state index is 12.1. The van der Waals surface area contributed by atoms with Gasteiger partial charge in [0.05, 0.1) is 23.3 Å². The molecule has 3 aromatic rings. The zero-order chi connectivity index (χ0) is 17.6. The van der Waals surface area contributed by atoms with Crippen LogP contribution in [-0.4, -0.2) is 36.1 Å². The number of ether oxygens (including phenoxy) is 1. The second kappa shape index (κ2) is 8.18. The van der Waals surface area contributed by atoms with E-state index in [0.29, 0.717) is 24.7 Å². The molecule has 130 valence electrons. The number of thiazole rings is 1. The fourth-order valence-corrected chi connectivity index (χ4v) is 3.25. The lowest BCUT2D eigenvalue weighted by Crippen LogP contribution is -2.39. The number of hydrogen-bond donors (Lipinski definition) is 1. The Morgan fingerprint density at radius 1 is 1.24 bits per heavy atom. The predicted molar refractivity (Wildman–Crippen MR) is 101 cm³/mol. The Kier molecular flexibility index (Phi) is 5.73. The molecule has 0 unspecified atom stereocenters. The summed E-state index contributed by atoms with van der Waals surface area (Å²) < 4.78 is 6.72. The molecular formula is C18H18ClN3O2S. The summed E-state index contributed by atoms with van der Waals surface area (Å²) in [7, 11) is 1.74. The van der Waals surface area contributed by atoms with Gasteiger partial charge in [0.15, 0.2) is 0 Å². The first-order valence-corrected chi connectivity index (χ1v) is 9.03. The van der Waals surface area contributed by atoms with Crippen LogP contribution in [0.15, 0.2) is 48.5 Å². The number of halogens is 1. The minimum absolute atomic E-state index is 0.154. The molecule has 0 saturated carbocycles. The molecule has 0 atom stereocenters. The van der Waals surface area contributed by atoms with Crippen LogP contribution in [-0.2, 0) is 6.54 Å². The molecule has 2 amide bonds. The Balaban J connectivity index is 1.43. The molecule has 0 fully saturated rings. The third kappa shape index (κ3) is 4.84. The summed E-state index contributed by atoms with van der Waals surface area (Å²) in [5.41, 5.74) is 0.960. The van der Waals surface area contributed by atoms with Crippen LogP contribution < -0.4 is 10.1 Å². The lowest BCUT2D eigenvalue weighted by Gasteiger charge is -2.17. The summed E-state index contributed by atoms with van der Waals surface area (Å²) >= 11 is 7.42. The fraction of sp³-hybridized carbons (Fsp3) is 0.222. The van der Waals surface area contributed by atoms with E-state index in [1.165, 1.54) is 0 Å². The lowest BCUT2D eigenvalue weighted by atomic mass is 10.3. The van der Waals surface area contributed by atoms with E-state index in [1.807, 2.05) is 24.3 Å². The van der Waals surface area contributed by atoms with Gasteiger partial charge in [0, 0.05) is 12.1 Å². The lowest BCUT2D eigenvalue weighted by molar-refractivity contribution is 0.195. The Morgan fingerprint density at radius 2 is 2.00 bits per heavy atom. The van der Waals surface area contributed by atoms with E-state index in [0.717, 1.165) is 21.0 Å². The van der Waals surface area contributed by atoms with E-state index in [4.69, 9.17) is 16.3 Å². The summed E-state index contributed by atoms with van der Waals surface area (Å²) in [5.74, 6) is 0.729. The number of para-hydroxylation sites is 1. The van der Waals surface area contributed by atoms with Crippen LogP contribution in [0.25, 0.3) is 10.2 Å². The molecule has 5 nitrogen and oxygen atoms in total. The van der Waals surface area contributed by atoms with Crippen molar-refractivity contribution in [3.8, 4) is 5.75 Å². The Morgan fingerprint density at radius 3 is 2.76 bits per heavy atom. The van der Waals surface area contributed by atoms with E-state index in [1.54, 1.807) is 47.5 Å². The molecule has 0 radical (unpaired) electrons. The first-order valence-electron chi connectivity index (χ1n) is 7.83. The standard InChI is InChI=1S/C18H18ClN3O2S/c1-22(10-11-24-14-8-6-13(19)7-9-14)18(23)20-12-17-21-15-4-2-3-5-16(15)25-17/h2-9H,10-12H2,1H3,(H,20,23). The van der Waals surface area contributed by atoms with Crippen LogP contribution in [0.1, 0.15) is 5.01 Å². The molecule has 0 aliphatic heterocycles. The fourth-order valence-electron chi connectivity index (χ4n) is 2.21. The van der Waals surface area contributed by atoms with E-state index in [9.17, 15) is 4.79 Å². The summed E-state index contributed by atoms with van der Waals surface area (Å²) in [6, 6.07) is 14.9. The first kappa shape index (κ1) is 17.5. The van der Waals surface area contributed by atoms with Crippen molar-refractivity contribution in [2.24, 2.45) is 0 Å². The van der Waals surface area contributed by atoms with Crippen LogP contribution in [0.3, 0.4) is 0 Å². The average Bonchev–Trinajstić information content (AvgIpc) is 3.04. The SMILES string of the molecule is CN(CCOc1ccc(Cl)cc1)C(=O)NCc1nc2ccccc2s1. The van der Waals surface area contributed by atoms with Crippen LogP contribution in [0, 0.1) is 0 Å². The van der Waals surface area contributed by atoms with Gasteiger partial charge in [0.2, 0.25) is 0 Å². The predicted octanol–water partition coefficient (Wildman–Crippen LogP) is 4.17. The molecular weight excluding hydrogens is 358 g/mol. The Bertz CT molecular complexity index is 818. The molecule has 25 heavy (non-hydrogen) atoms. The average molecular weight is 376 g/mol. The topological polar surface area (TPSA) is 54.5 Å². The van der Waals surface area contributed by atoms with Gasteiger partial charge in [-0.3, -0.25) is 0 Å². The summed E-state index contributed by atoms with van der Waals surface area (Å²) in [6.45, 7) is 1.31. The van der Waals surface area contributed by atoms with Crippen molar-refractivity contribution in [1.82, 2.24) is 15.2 Å². The third-order valence-corrected chi connectivity index (χ3v) is 4.87. The van der Waals surface area contributed by atoms with Crippen molar-refractivity contribution in [2.75, 3.05) is 20.2 Å². The molecule has 1 N–H and O–H groups in total. The van der Waals surface area contributed by atoms with Crippen LogP contribution in [0.5, 0.6) is 5.75 Å². The Labute approximate surface area is 155 Å². The highest BCUT2D eigenvalue weighted by molar-refractivity contribution is 7.18. The van der Waals surface area contributed by atoms with E-state index >= 15 is 0 Å². The number of hydrogen-bond acceptors (Lipinski definition) is 4. The number of nitrogens with zero attached hydrogens (tertiary/aromatic N) is 2. The maximum atomic E-state index is 12.1. The van der Waals surface area contributed by atoms with Crippen LogP contribution in [0.2, 0.25) is 5.02 Å². The van der Waals surface area contributed by atoms with Crippen LogP contribution >= 0.6 is 22.9 Å². The molecule has 1 heterocycles. The van der Waals surface area contributed by atoms with Gasteiger partial charge >= 0.3 is 6.03 Å². The largest absolute Gasteiger partial charge is 0.492 e. The van der Waals surface area contributed by atoms with Crippen molar-refractivity contribution < 1.29 is 9.53 Å². The van der Waals surface area contributed by atoms with Gasteiger partial charge in [-0.25, -0.2) is 9.78 Å². The van der Waals surface area contributed by atoms with Gasteiger partial charge < -0.3 is 15.0 Å². The summed E-state index contributed by atoms with van der Waals surface area (Å²) in [4.78, 5) is 18.2. The highest BCUT2D eigenvalue weighted by atomic mass is 35.5. The number of carbonyl (C=O) groups is 1. The maximum Gasteiger partial charge on any atom is 0.317 e. The number of amides is 2. The number of aromatic nitrogens is 1. The monoisotopic (exact) mass is 375 g/mol. The van der Waals surface area contributed by atoms with E-state index < -0.39 is 0 Å². The summed E-state index contributed by atoms with van der Waals surface area (Å²) in [6.07, 6.45) is 0. The Hall–Kier alpha value is -2.31. The second-order valence-corrected chi connectivity index (χ2v) is 7.01. The minimum atomic E-state index is -0.154. The van der Waals surface area contributed by atoms with Crippen LogP contribution in [0.4, 0.5) is 4.79 Å². The van der Waals surface area contributed by atoms with E-state index in [2.05, 4.69) is 10.3 Å². The molecule has 0 saturated heterocycles. The number of nitrogens with one attached hydrogen (secondary N) is 1. The van der Waals surface area contributed by atoms with E-state index in [-0.39, 0.29) is 6.03 Å². The van der Waals surface area contributed by atoms with Gasteiger partial charge in [-0.05, 0) is 36.4 Å².